The summed E-state index contributed by atoms with van der Waals surface area (Å²) >= 11 is 1.48. The van der Waals surface area contributed by atoms with Crippen LogP contribution in [0.4, 0.5) is 4.79 Å². The molecule has 0 spiro atoms. The summed E-state index contributed by atoms with van der Waals surface area (Å²) in [6.07, 6.45) is 0.375. The second kappa shape index (κ2) is 10.5. The van der Waals surface area contributed by atoms with Gasteiger partial charge in [-0.05, 0) is 41.5 Å². The van der Waals surface area contributed by atoms with E-state index in [0.717, 1.165) is 11.1 Å². The predicted molar refractivity (Wildman–Crippen MR) is 132 cm³/mol. The second-order valence-corrected chi connectivity index (χ2v) is 10.3. The van der Waals surface area contributed by atoms with Crippen LogP contribution in [0.15, 0.2) is 48.5 Å². The standard InChI is InChI=1S/C26H30N2O5S/c1-16(13-24(29)28-17(2)34-15-23(28)25(30)31)11-12-27-26(32)33-14-22-20-9-5-3-7-18(20)19-8-4-6-10-21(19)22/h3-10,16-17,22-23H,11-15H2,1-2H3,(H,27,32)(H,30,31). The summed E-state index contributed by atoms with van der Waals surface area (Å²) in [5.74, 6) is -0.681. The Morgan fingerprint density at radius 2 is 1.74 bits per heavy atom. The van der Waals surface area contributed by atoms with Gasteiger partial charge in [0.05, 0.1) is 5.37 Å². The summed E-state index contributed by atoms with van der Waals surface area (Å²) in [6.45, 7) is 4.43. The first-order chi connectivity index (χ1) is 16.4. The number of amides is 2. The van der Waals surface area contributed by atoms with E-state index in [0.29, 0.717) is 18.7 Å². The lowest BCUT2D eigenvalue weighted by atomic mass is 9.98. The van der Waals surface area contributed by atoms with E-state index in [1.165, 1.54) is 27.8 Å². The molecule has 3 atom stereocenters. The van der Waals surface area contributed by atoms with Crippen molar-refractivity contribution in [2.75, 3.05) is 18.9 Å². The van der Waals surface area contributed by atoms with Crippen LogP contribution in [0.3, 0.4) is 0 Å². The number of carboxylic acids is 1. The quantitative estimate of drug-likeness (QED) is 0.582. The summed E-state index contributed by atoms with van der Waals surface area (Å²) in [5, 5.41) is 12.0. The van der Waals surface area contributed by atoms with Crippen LogP contribution in [0.25, 0.3) is 11.1 Å². The lowest BCUT2D eigenvalue weighted by Gasteiger charge is -2.26. The summed E-state index contributed by atoms with van der Waals surface area (Å²) in [7, 11) is 0. The summed E-state index contributed by atoms with van der Waals surface area (Å²) in [4.78, 5) is 37.9. The number of benzene rings is 2. The maximum Gasteiger partial charge on any atom is 0.407 e. The molecule has 34 heavy (non-hydrogen) atoms. The molecule has 180 valence electrons. The number of thioether (sulfide) groups is 1. The van der Waals surface area contributed by atoms with Crippen LogP contribution < -0.4 is 5.32 Å². The summed E-state index contributed by atoms with van der Waals surface area (Å²) in [5.41, 5.74) is 4.69. The SMILES string of the molecule is CC(CCNC(=O)OCC1c2ccccc2-c2ccccc21)CC(=O)N1C(C)SCC1C(=O)O. The highest BCUT2D eigenvalue weighted by molar-refractivity contribution is 8.00. The van der Waals surface area contributed by atoms with Gasteiger partial charge in [-0.1, -0.05) is 55.5 Å². The van der Waals surface area contributed by atoms with E-state index < -0.39 is 18.1 Å². The largest absolute Gasteiger partial charge is 0.480 e. The first-order valence-corrected chi connectivity index (χ1v) is 12.7. The number of rotatable bonds is 8. The van der Waals surface area contributed by atoms with Crippen LogP contribution in [0.2, 0.25) is 0 Å². The third kappa shape index (κ3) is 5.06. The molecule has 2 aromatic carbocycles. The number of ether oxygens (including phenoxy) is 1. The molecular weight excluding hydrogens is 452 g/mol. The molecule has 2 N–H and O–H groups in total. The zero-order chi connectivity index (χ0) is 24.2. The molecule has 0 aromatic heterocycles. The number of hydrogen-bond donors (Lipinski definition) is 2. The van der Waals surface area contributed by atoms with Crippen LogP contribution in [-0.2, 0) is 14.3 Å². The molecule has 7 nitrogen and oxygen atoms in total. The minimum absolute atomic E-state index is 0.00799. The van der Waals surface area contributed by atoms with Crippen molar-refractivity contribution < 1.29 is 24.2 Å². The highest BCUT2D eigenvalue weighted by Gasteiger charge is 2.39. The van der Waals surface area contributed by atoms with Crippen molar-refractivity contribution in [1.29, 1.82) is 0 Å². The summed E-state index contributed by atoms with van der Waals surface area (Å²) < 4.78 is 5.55. The minimum Gasteiger partial charge on any atom is -0.480 e. The maximum atomic E-state index is 12.7. The fraction of sp³-hybridized carbons (Fsp3) is 0.423. The zero-order valence-corrected chi connectivity index (χ0v) is 20.2. The Bertz CT molecular complexity index is 1030. The average Bonchev–Trinajstić information content (AvgIpc) is 3.36. The highest BCUT2D eigenvalue weighted by atomic mass is 32.2. The van der Waals surface area contributed by atoms with Gasteiger partial charge in [0.15, 0.2) is 0 Å². The molecule has 1 aliphatic heterocycles. The first-order valence-electron chi connectivity index (χ1n) is 11.6. The van der Waals surface area contributed by atoms with Gasteiger partial charge in [-0.2, -0.15) is 0 Å². The molecule has 4 rings (SSSR count). The number of alkyl carbamates (subject to hydrolysis) is 1. The van der Waals surface area contributed by atoms with Gasteiger partial charge < -0.3 is 20.1 Å². The maximum absolute atomic E-state index is 12.7. The third-order valence-corrected chi connectivity index (χ3v) is 7.79. The fourth-order valence-electron chi connectivity index (χ4n) is 4.79. The number of nitrogens with zero attached hydrogens (tertiary/aromatic N) is 1. The molecule has 1 saturated heterocycles. The number of hydrogen-bond acceptors (Lipinski definition) is 5. The molecule has 0 bridgehead atoms. The van der Waals surface area contributed by atoms with E-state index in [2.05, 4.69) is 29.6 Å². The van der Waals surface area contributed by atoms with Crippen molar-refractivity contribution in [3.05, 3.63) is 59.7 Å². The number of fused-ring (bicyclic) bond motifs is 3. The Hall–Kier alpha value is -3.00. The van der Waals surface area contributed by atoms with E-state index in [4.69, 9.17) is 4.74 Å². The third-order valence-electron chi connectivity index (χ3n) is 6.57. The number of carbonyl (C=O) groups excluding carboxylic acids is 2. The normalized spacial score (nSPS) is 19.9. The molecule has 3 unspecified atom stereocenters. The molecule has 0 saturated carbocycles. The molecule has 1 aliphatic carbocycles. The monoisotopic (exact) mass is 482 g/mol. The van der Waals surface area contributed by atoms with Crippen LogP contribution in [0, 0.1) is 5.92 Å². The van der Waals surface area contributed by atoms with Crippen LogP contribution >= 0.6 is 11.8 Å². The number of carboxylic acid groups (broad SMARTS) is 1. The smallest absolute Gasteiger partial charge is 0.407 e. The van der Waals surface area contributed by atoms with Crippen LogP contribution in [0.1, 0.15) is 43.7 Å². The van der Waals surface area contributed by atoms with Gasteiger partial charge in [-0.15, -0.1) is 11.8 Å². The molecule has 2 aromatic rings. The Labute approximate surface area is 203 Å². The lowest BCUT2D eigenvalue weighted by molar-refractivity contribution is -0.149. The number of carbonyl (C=O) groups is 3. The van der Waals surface area contributed by atoms with E-state index in [1.54, 1.807) is 0 Å². The molecular formula is C26H30N2O5S. The van der Waals surface area contributed by atoms with Gasteiger partial charge >= 0.3 is 12.1 Å². The van der Waals surface area contributed by atoms with Gasteiger partial charge in [0.1, 0.15) is 12.6 Å². The highest BCUT2D eigenvalue weighted by Crippen LogP contribution is 2.44. The van der Waals surface area contributed by atoms with E-state index >= 15 is 0 Å². The Kier molecular flexibility index (Phi) is 7.46. The van der Waals surface area contributed by atoms with Crippen molar-refractivity contribution in [2.24, 2.45) is 5.92 Å². The molecule has 1 fully saturated rings. The van der Waals surface area contributed by atoms with E-state index in [-0.39, 0.29) is 36.1 Å². The fourth-order valence-corrected chi connectivity index (χ4v) is 5.98. The van der Waals surface area contributed by atoms with Crippen LogP contribution in [-0.4, -0.2) is 58.3 Å². The Balaban J connectivity index is 1.23. The molecule has 8 heteroatoms. The van der Waals surface area contributed by atoms with Crippen molar-refractivity contribution in [3.63, 3.8) is 0 Å². The minimum atomic E-state index is -0.963. The molecule has 0 radical (unpaired) electrons. The average molecular weight is 483 g/mol. The zero-order valence-electron chi connectivity index (χ0n) is 19.4. The Morgan fingerprint density at radius 1 is 1.12 bits per heavy atom. The lowest BCUT2D eigenvalue weighted by Crippen LogP contribution is -2.45. The molecule has 1 heterocycles. The van der Waals surface area contributed by atoms with Gasteiger partial charge in [0.2, 0.25) is 5.91 Å². The van der Waals surface area contributed by atoms with Crippen molar-refractivity contribution in [2.45, 2.75) is 44.0 Å². The Morgan fingerprint density at radius 3 is 2.35 bits per heavy atom. The van der Waals surface area contributed by atoms with Crippen molar-refractivity contribution in [1.82, 2.24) is 10.2 Å². The number of aliphatic carboxylic acids is 1. The van der Waals surface area contributed by atoms with Crippen LogP contribution in [0.5, 0.6) is 0 Å². The predicted octanol–water partition coefficient (Wildman–Crippen LogP) is 4.32. The molecule has 2 amide bonds. The van der Waals surface area contributed by atoms with Gasteiger partial charge in [-0.3, -0.25) is 4.79 Å². The summed E-state index contributed by atoms with van der Waals surface area (Å²) in [6, 6.07) is 15.6. The van der Waals surface area contributed by atoms with Gasteiger partial charge in [0, 0.05) is 24.6 Å². The van der Waals surface area contributed by atoms with E-state index in [9.17, 15) is 19.5 Å². The first kappa shape index (κ1) is 24.1. The van der Waals surface area contributed by atoms with Crippen molar-refractivity contribution in [3.8, 4) is 11.1 Å². The van der Waals surface area contributed by atoms with Crippen molar-refractivity contribution >= 4 is 29.7 Å². The van der Waals surface area contributed by atoms with Gasteiger partial charge in [0.25, 0.3) is 0 Å². The van der Waals surface area contributed by atoms with E-state index in [1.807, 2.05) is 38.1 Å². The second-order valence-electron chi connectivity index (χ2n) is 8.94. The number of nitrogens with one attached hydrogen (secondary N) is 1. The molecule has 2 aliphatic rings. The van der Waals surface area contributed by atoms with Gasteiger partial charge in [-0.25, -0.2) is 9.59 Å². The topological polar surface area (TPSA) is 95.9 Å².